The molecule has 1 N–H and O–H groups in total. The highest BCUT2D eigenvalue weighted by Gasteiger charge is 2.21. The third kappa shape index (κ3) is 6.73. The molecule has 1 saturated heterocycles. The lowest BCUT2D eigenvalue weighted by Crippen LogP contribution is -2.22. The van der Waals surface area contributed by atoms with Crippen molar-refractivity contribution in [2.24, 2.45) is 0 Å². The van der Waals surface area contributed by atoms with Gasteiger partial charge in [-0.1, -0.05) is 17.7 Å². The third-order valence-corrected chi connectivity index (χ3v) is 10.1. The molecule has 4 aromatic rings. The molecule has 0 atom stereocenters. The summed E-state index contributed by atoms with van der Waals surface area (Å²) in [5, 5.41) is 3.89. The number of Topliss-reactive ketones (excluding diaryl/α,β-unsaturated/α-hetero) is 1. The first-order chi connectivity index (χ1) is 18.8. The summed E-state index contributed by atoms with van der Waals surface area (Å²) in [7, 11) is -3.75. The second-order valence-corrected chi connectivity index (χ2v) is 13.5. The minimum absolute atomic E-state index is 0.0675. The average Bonchev–Trinajstić information content (AvgIpc) is 3.59. The van der Waals surface area contributed by atoms with Crippen molar-refractivity contribution in [2.75, 3.05) is 37.2 Å². The number of pyridine rings is 1. The first-order valence-corrected chi connectivity index (χ1v) is 15.6. The molecule has 5 rings (SSSR count). The fourth-order valence-corrected chi connectivity index (χ4v) is 7.44. The number of likely N-dealkylation sites (tertiary alicyclic amines) is 1. The Kier molecular flexibility index (Phi) is 8.41. The summed E-state index contributed by atoms with van der Waals surface area (Å²) >= 11 is 6.74. The molecule has 9 nitrogen and oxygen atoms in total. The van der Waals surface area contributed by atoms with Gasteiger partial charge >= 0.3 is 0 Å². The second kappa shape index (κ2) is 12.0. The number of hydrogen-bond acceptors (Lipinski definition) is 9. The minimum atomic E-state index is -3.75. The van der Waals surface area contributed by atoms with Gasteiger partial charge in [0, 0.05) is 24.8 Å². The number of nitrogens with zero attached hydrogens (tertiary/aromatic N) is 4. The number of ketones is 1. The van der Waals surface area contributed by atoms with E-state index in [0.717, 1.165) is 36.5 Å². The molecular formula is C27H28ClN5O4S2. The summed E-state index contributed by atoms with van der Waals surface area (Å²) in [6, 6.07) is 11.7. The number of benzene rings is 1. The topological polar surface area (TPSA) is 114 Å². The number of sulfone groups is 1. The zero-order chi connectivity index (χ0) is 27.4. The molecule has 0 aliphatic carbocycles. The van der Waals surface area contributed by atoms with Crippen LogP contribution in [0.2, 0.25) is 4.34 Å². The van der Waals surface area contributed by atoms with Crippen molar-refractivity contribution in [2.45, 2.75) is 29.9 Å². The molecule has 1 aromatic carbocycles. The van der Waals surface area contributed by atoms with Crippen molar-refractivity contribution in [3.63, 3.8) is 0 Å². The smallest absolute Gasteiger partial charge is 0.266 e. The number of rotatable bonds is 11. The minimum Gasteiger partial charge on any atom is -0.385 e. The van der Waals surface area contributed by atoms with E-state index in [-0.39, 0.29) is 16.2 Å². The van der Waals surface area contributed by atoms with E-state index in [1.807, 2.05) is 12.1 Å². The van der Waals surface area contributed by atoms with Crippen molar-refractivity contribution < 1.29 is 13.2 Å². The molecule has 0 radical (unpaired) electrons. The molecule has 0 amide bonds. The van der Waals surface area contributed by atoms with Crippen LogP contribution in [0.3, 0.4) is 0 Å². The first-order valence-electron chi connectivity index (χ1n) is 12.7. The Morgan fingerprint density at radius 1 is 1.08 bits per heavy atom. The van der Waals surface area contributed by atoms with Crippen LogP contribution in [0.4, 0.5) is 5.69 Å². The first kappa shape index (κ1) is 27.4. The zero-order valence-electron chi connectivity index (χ0n) is 21.2. The summed E-state index contributed by atoms with van der Waals surface area (Å²) in [6.45, 7) is 4.33. The number of anilines is 1. The summed E-state index contributed by atoms with van der Waals surface area (Å²) in [4.78, 5) is 36.8. The summed E-state index contributed by atoms with van der Waals surface area (Å²) in [6.07, 6.45) is 6.45. The van der Waals surface area contributed by atoms with Crippen LogP contribution >= 0.6 is 22.9 Å². The Morgan fingerprint density at radius 2 is 1.90 bits per heavy atom. The molecular weight excluding hydrogens is 558 g/mol. The van der Waals surface area contributed by atoms with Gasteiger partial charge in [0.05, 0.1) is 15.2 Å². The zero-order valence-corrected chi connectivity index (χ0v) is 23.6. The van der Waals surface area contributed by atoms with Crippen molar-refractivity contribution in [3.05, 3.63) is 75.2 Å². The molecule has 0 saturated carbocycles. The van der Waals surface area contributed by atoms with E-state index < -0.39 is 21.4 Å². The number of fused-ring (bicyclic) bond motifs is 1. The molecule has 204 valence electrons. The molecule has 1 aliphatic heterocycles. The Hall–Kier alpha value is -3.12. The fraction of sp³-hybridized carbons (Fsp3) is 0.333. The van der Waals surface area contributed by atoms with Gasteiger partial charge in [0.15, 0.2) is 15.6 Å². The predicted molar refractivity (Wildman–Crippen MR) is 154 cm³/mol. The molecule has 39 heavy (non-hydrogen) atoms. The van der Waals surface area contributed by atoms with Crippen molar-refractivity contribution >= 4 is 55.1 Å². The van der Waals surface area contributed by atoms with E-state index in [1.165, 1.54) is 55.2 Å². The van der Waals surface area contributed by atoms with E-state index in [4.69, 9.17) is 11.6 Å². The maximum absolute atomic E-state index is 13.1. The van der Waals surface area contributed by atoms with Crippen molar-refractivity contribution in [3.8, 4) is 5.82 Å². The highest BCUT2D eigenvalue weighted by atomic mass is 35.5. The van der Waals surface area contributed by atoms with E-state index >= 15 is 0 Å². The number of halogens is 1. The van der Waals surface area contributed by atoms with Crippen LogP contribution in [-0.2, 0) is 21.1 Å². The van der Waals surface area contributed by atoms with E-state index in [1.54, 1.807) is 18.2 Å². The van der Waals surface area contributed by atoms with Crippen molar-refractivity contribution in [1.29, 1.82) is 0 Å². The number of thiophene rings is 1. The fourth-order valence-electron chi connectivity index (χ4n) is 4.63. The molecule has 4 heterocycles. The number of aromatic nitrogens is 3. The highest BCUT2D eigenvalue weighted by molar-refractivity contribution is 7.94. The lowest BCUT2D eigenvalue weighted by molar-refractivity contribution is -0.116. The van der Waals surface area contributed by atoms with Gasteiger partial charge in [0.25, 0.3) is 5.56 Å². The SMILES string of the molecule is O=C(Cc1ccc(-n2cnc3cc(NCCCN4CCCC4)ccc3c2=O)nc1)CS(=O)(=O)c1ccc(Cl)s1. The largest absolute Gasteiger partial charge is 0.385 e. The monoisotopic (exact) mass is 585 g/mol. The predicted octanol–water partition coefficient (Wildman–Crippen LogP) is 3.98. The van der Waals surface area contributed by atoms with Crippen LogP contribution in [-0.4, -0.2) is 65.6 Å². The Bertz CT molecular complexity index is 1640. The second-order valence-electron chi connectivity index (χ2n) is 9.54. The molecule has 1 fully saturated rings. The maximum Gasteiger partial charge on any atom is 0.266 e. The van der Waals surface area contributed by atoms with E-state index in [0.29, 0.717) is 26.6 Å². The van der Waals surface area contributed by atoms with Crippen LogP contribution in [0.25, 0.3) is 16.7 Å². The highest BCUT2D eigenvalue weighted by Crippen LogP contribution is 2.26. The van der Waals surface area contributed by atoms with Gasteiger partial charge in [-0.15, -0.1) is 11.3 Å². The quantitative estimate of drug-likeness (QED) is 0.263. The molecule has 0 unspecified atom stereocenters. The van der Waals surface area contributed by atoms with Crippen LogP contribution in [0.5, 0.6) is 0 Å². The Balaban J connectivity index is 1.21. The van der Waals surface area contributed by atoms with Gasteiger partial charge in [-0.05, 0) is 80.9 Å². The molecule has 3 aromatic heterocycles. The Morgan fingerprint density at radius 3 is 2.62 bits per heavy atom. The normalized spacial score (nSPS) is 14.2. The van der Waals surface area contributed by atoms with Gasteiger partial charge in [0.1, 0.15) is 22.1 Å². The van der Waals surface area contributed by atoms with E-state index in [9.17, 15) is 18.0 Å². The van der Waals surface area contributed by atoms with Gasteiger partial charge in [-0.2, -0.15) is 0 Å². The van der Waals surface area contributed by atoms with Gasteiger partial charge in [-0.25, -0.2) is 18.4 Å². The summed E-state index contributed by atoms with van der Waals surface area (Å²) in [5.74, 6) is -0.718. The lowest BCUT2D eigenvalue weighted by Gasteiger charge is -2.14. The maximum atomic E-state index is 13.1. The number of carbonyl (C=O) groups is 1. The molecule has 1 aliphatic rings. The van der Waals surface area contributed by atoms with Crippen molar-refractivity contribution in [1.82, 2.24) is 19.4 Å². The van der Waals surface area contributed by atoms with Gasteiger partial charge in [0.2, 0.25) is 0 Å². The molecule has 12 heteroatoms. The Labute approximate surface area is 235 Å². The lowest BCUT2D eigenvalue weighted by atomic mass is 10.1. The molecule has 0 spiro atoms. The van der Waals surface area contributed by atoms with Gasteiger partial charge in [-0.3, -0.25) is 14.2 Å². The summed E-state index contributed by atoms with van der Waals surface area (Å²) < 4.78 is 26.6. The third-order valence-electron chi connectivity index (χ3n) is 6.60. The molecule has 0 bridgehead atoms. The van der Waals surface area contributed by atoms with Crippen LogP contribution in [0.15, 0.2) is 64.0 Å². The summed E-state index contributed by atoms with van der Waals surface area (Å²) in [5.41, 5.74) is 1.81. The number of nitrogens with one attached hydrogen (secondary N) is 1. The average molecular weight is 586 g/mol. The number of carbonyl (C=O) groups excluding carboxylic acids is 1. The van der Waals surface area contributed by atoms with Crippen LogP contribution in [0.1, 0.15) is 24.8 Å². The standard InChI is InChI=1S/C27H28ClN5O4S2/c28-24-7-9-26(38-24)39(36,37)17-21(34)14-19-4-8-25(30-16-19)33-18-31-23-15-20(5-6-22(23)27(33)35)29-10-3-13-32-11-1-2-12-32/h4-9,15-16,18,29H,1-3,10-14,17H2. The van der Waals surface area contributed by atoms with Crippen LogP contribution in [0, 0.1) is 0 Å². The van der Waals surface area contributed by atoms with Crippen LogP contribution < -0.4 is 10.9 Å². The van der Waals surface area contributed by atoms with Gasteiger partial charge < -0.3 is 10.2 Å². The number of hydrogen-bond donors (Lipinski definition) is 1. The van der Waals surface area contributed by atoms with E-state index in [2.05, 4.69) is 20.2 Å².